The first kappa shape index (κ1) is 19.6. The highest BCUT2D eigenvalue weighted by Crippen LogP contribution is 2.44. The third-order valence-corrected chi connectivity index (χ3v) is 7.26. The van der Waals surface area contributed by atoms with Crippen LogP contribution in [0.25, 0.3) is 11.3 Å². The third kappa shape index (κ3) is 3.50. The van der Waals surface area contributed by atoms with E-state index in [2.05, 4.69) is 34.1 Å². The van der Waals surface area contributed by atoms with Gasteiger partial charge in [-0.25, -0.2) is 5.43 Å². The minimum atomic E-state index is 0.0513. The van der Waals surface area contributed by atoms with Crippen molar-refractivity contribution in [2.75, 3.05) is 6.54 Å². The standard InChI is InChI=1S/C23H31N5O2/c1-28-22(15-4-2-7-17(10-15)30-16-5-3-6-16)20(13-25-28)14-8-9-18-19(11-14)21(12-24)26-27-23(18)29/h2,4,7,10,13-14,16,18-19,21,26H,3,5-6,8-9,11-12,24H2,1H3,(H,27,29). The molecule has 2 saturated carbocycles. The molecule has 3 aliphatic rings. The van der Waals surface area contributed by atoms with Crippen LogP contribution in [-0.2, 0) is 11.8 Å². The number of ether oxygens (including phenoxy) is 1. The first-order valence-electron chi connectivity index (χ1n) is 11.2. The number of rotatable bonds is 5. The number of hydrazine groups is 1. The fourth-order valence-corrected chi connectivity index (χ4v) is 5.36. The molecule has 7 heteroatoms. The number of carbonyl (C=O) groups is 1. The zero-order chi connectivity index (χ0) is 20.7. The molecule has 4 unspecified atom stereocenters. The molecular weight excluding hydrogens is 378 g/mol. The van der Waals surface area contributed by atoms with E-state index < -0.39 is 0 Å². The van der Waals surface area contributed by atoms with E-state index in [1.807, 2.05) is 24.0 Å². The summed E-state index contributed by atoms with van der Waals surface area (Å²) in [5.74, 6) is 1.71. The van der Waals surface area contributed by atoms with Gasteiger partial charge in [0, 0.05) is 36.7 Å². The van der Waals surface area contributed by atoms with E-state index in [1.165, 1.54) is 12.0 Å². The third-order valence-electron chi connectivity index (χ3n) is 7.26. The number of aryl methyl sites for hydroxylation is 1. The Morgan fingerprint density at radius 1 is 1.27 bits per heavy atom. The van der Waals surface area contributed by atoms with Gasteiger partial charge in [-0.15, -0.1) is 0 Å². The molecular formula is C23H31N5O2. The monoisotopic (exact) mass is 409 g/mol. The topological polar surface area (TPSA) is 94.2 Å². The Balaban J connectivity index is 1.42. The summed E-state index contributed by atoms with van der Waals surface area (Å²) < 4.78 is 8.10. The summed E-state index contributed by atoms with van der Waals surface area (Å²) in [6, 6.07) is 8.51. The lowest BCUT2D eigenvalue weighted by Gasteiger charge is -2.43. The summed E-state index contributed by atoms with van der Waals surface area (Å²) in [6.45, 7) is 0.522. The second-order valence-corrected chi connectivity index (χ2v) is 9.03. The number of hydrogen-bond acceptors (Lipinski definition) is 5. The van der Waals surface area contributed by atoms with Crippen molar-refractivity contribution >= 4 is 5.91 Å². The van der Waals surface area contributed by atoms with Crippen LogP contribution in [0.15, 0.2) is 30.5 Å². The van der Waals surface area contributed by atoms with E-state index in [-0.39, 0.29) is 23.8 Å². The lowest BCUT2D eigenvalue weighted by Crippen LogP contribution is -2.62. The minimum Gasteiger partial charge on any atom is -0.490 e. The average molecular weight is 410 g/mol. The SMILES string of the molecule is Cn1ncc(C2CCC3C(=O)NNC(CN)C3C2)c1-c1cccc(OC2CCC2)c1. The molecule has 1 amide bonds. The number of nitrogens with one attached hydrogen (secondary N) is 2. The van der Waals surface area contributed by atoms with Gasteiger partial charge in [-0.2, -0.15) is 5.10 Å². The van der Waals surface area contributed by atoms with E-state index in [1.54, 1.807) is 0 Å². The van der Waals surface area contributed by atoms with Crippen LogP contribution in [0.5, 0.6) is 5.75 Å². The van der Waals surface area contributed by atoms with Crippen LogP contribution in [-0.4, -0.2) is 34.4 Å². The lowest BCUT2D eigenvalue weighted by atomic mass is 9.68. The van der Waals surface area contributed by atoms with Crippen LogP contribution < -0.4 is 21.3 Å². The van der Waals surface area contributed by atoms with Gasteiger partial charge in [0.15, 0.2) is 0 Å². The van der Waals surface area contributed by atoms with Gasteiger partial charge in [0.25, 0.3) is 0 Å². The molecule has 0 bridgehead atoms. The molecule has 0 spiro atoms. The molecule has 160 valence electrons. The maximum Gasteiger partial charge on any atom is 0.237 e. The second-order valence-electron chi connectivity index (χ2n) is 9.03. The predicted molar refractivity (Wildman–Crippen MR) is 115 cm³/mol. The van der Waals surface area contributed by atoms with Crippen molar-refractivity contribution in [1.29, 1.82) is 0 Å². The van der Waals surface area contributed by atoms with Crippen molar-refractivity contribution in [3.8, 4) is 17.0 Å². The van der Waals surface area contributed by atoms with Gasteiger partial charge in [-0.05, 0) is 62.5 Å². The highest BCUT2D eigenvalue weighted by molar-refractivity contribution is 5.79. The molecule has 3 fully saturated rings. The van der Waals surface area contributed by atoms with Crippen LogP contribution >= 0.6 is 0 Å². The van der Waals surface area contributed by atoms with Crippen LogP contribution in [0, 0.1) is 11.8 Å². The first-order valence-corrected chi connectivity index (χ1v) is 11.2. The van der Waals surface area contributed by atoms with Crippen molar-refractivity contribution in [1.82, 2.24) is 20.6 Å². The van der Waals surface area contributed by atoms with E-state index in [0.29, 0.717) is 18.6 Å². The molecule has 1 aromatic carbocycles. The van der Waals surface area contributed by atoms with E-state index in [0.717, 1.165) is 49.1 Å². The molecule has 2 aliphatic carbocycles. The van der Waals surface area contributed by atoms with Crippen molar-refractivity contribution in [2.45, 2.75) is 56.6 Å². The molecule has 1 aromatic heterocycles. The van der Waals surface area contributed by atoms with Gasteiger partial charge < -0.3 is 10.5 Å². The Labute approximate surface area is 177 Å². The minimum absolute atomic E-state index is 0.0513. The number of carbonyl (C=O) groups excluding carboxylic acids is 1. The maximum absolute atomic E-state index is 12.3. The zero-order valence-corrected chi connectivity index (χ0v) is 17.5. The Morgan fingerprint density at radius 3 is 2.90 bits per heavy atom. The van der Waals surface area contributed by atoms with Gasteiger partial charge in [0.05, 0.1) is 18.0 Å². The first-order chi connectivity index (χ1) is 14.6. The molecule has 4 atom stereocenters. The van der Waals surface area contributed by atoms with Crippen LogP contribution in [0.2, 0.25) is 0 Å². The number of benzene rings is 1. The molecule has 7 nitrogen and oxygen atoms in total. The molecule has 4 N–H and O–H groups in total. The van der Waals surface area contributed by atoms with Gasteiger partial charge >= 0.3 is 0 Å². The largest absolute Gasteiger partial charge is 0.490 e. The Hall–Kier alpha value is -2.38. The zero-order valence-electron chi connectivity index (χ0n) is 17.5. The summed E-state index contributed by atoms with van der Waals surface area (Å²) in [6.07, 6.45) is 8.75. The lowest BCUT2D eigenvalue weighted by molar-refractivity contribution is -0.133. The van der Waals surface area contributed by atoms with Gasteiger partial charge in [0.2, 0.25) is 5.91 Å². The number of fused-ring (bicyclic) bond motifs is 1. The summed E-state index contributed by atoms with van der Waals surface area (Å²) in [5, 5.41) is 4.60. The van der Waals surface area contributed by atoms with Crippen LogP contribution in [0.1, 0.15) is 50.0 Å². The fraction of sp³-hybridized carbons (Fsp3) is 0.565. The normalized spacial score (nSPS) is 29.1. The number of nitrogens with two attached hydrogens (primary N) is 1. The molecule has 1 saturated heterocycles. The predicted octanol–water partition coefficient (Wildman–Crippen LogP) is 2.48. The molecule has 2 aromatic rings. The van der Waals surface area contributed by atoms with Gasteiger partial charge in [0.1, 0.15) is 5.75 Å². The van der Waals surface area contributed by atoms with E-state index in [9.17, 15) is 4.79 Å². The molecule has 2 heterocycles. The summed E-state index contributed by atoms with van der Waals surface area (Å²) in [4.78, 5) is 12.3. The summed E-state index contributed by atoms with van der Waals surface area (Å²) in [7, 11) is 2.00. The Bertz CT molecular complexity index is 922. The quantitative estimate of drug-likeness (QED) is 0.705. The number of amides is 1. The number of nitrogens with zero attached hydrogens (tertiary/aromatic N) is 2. The van der Waals surface area contributed by atoms with Crippen molar-refractivity contribution in [2.24, 2.45) is 24.6 Å². The van der Waals surface area contributed by atoms with Crippen molar-refractivity contribution in [3.05, 3.63) is 36.0 Å². The average Bonchev–Trinajstić information content (AvgIpc) is 3.12. The smallest absolute Gasteiger partial charge is 0.237 e. The Kier molecular flexibility index (Phi) is 5.25. The highest BCUT2D eigenvalue weighted by Gasteiger charge is 2.43. The van der Waals surface area contributed by atoms with Gasteiger partial charge in [-0.3, -0.25) is 14.9 Å². The summed E-state index contributed by atoms with van der Waals surface area (Å²) in [5.41, 5.74) is 15.5. The molecule has 30 heavy (non-hydrogen) atoms. The molecule has 5 rings (SSSR count). The van der Waals surface area contributed by atoms with Gasteiger partial charge in [-0.1, -0.05) is 12.1 Å². The van der Waals surface area contributed by atoms with Crippen molar-refractivity contribution < 1.29 is 9.53 Å². The van der Waals surface area contributed by atoms with Crippen molar-refractivity contribution in [3.63, 3.8) is 0 Å². The maximum atomic E-state index is 12.3. The van der Waals surface area contributed by atoms with Crippen LogP contribution in [0.4, 0.5) is 0 Å². The number of hydrogen-bond donors (Lipinski definition) is 3. The highest BCUT2D eigenvalue weighted by atomic mass is 16.5. The molecule has 0 radical (unpaired) electrons. The van der Waals surface area contributed by atoms with E-state index in [4.69, 9.17) is 10.5 Å². The molecule has 1 aliphatic heterocycles. The van der Waals surface area contributed by atoms with E-state index >= 15 is 0 Å². The van der Waals surface area contributed by atoms with Crippen LogP contribution in [0.3, 0.4) is 0 Å². The Morgan fingerprint density at radius 2 is 2.13 bits per heavy atom. The second kappa shape index (κ2) is 8.04. The summed E-state index contributed by atoms with van der Waals surface area (Å²) >= 11 is 0. The number of aromatic nitrogens is 2. The fourth-order valence-electron chi connectivity index (χ4n) is 5.36.